The van der Waals surface area contributed by atoms with E-state index in [1.54, 1.807) is 31.5 Å². The van der Waals surface area contributed by atoms with Gasteiger partial charge in [-0.25, -0.2) is 0 Å². The zero-order valence-electron chi connectivity index (χ0n) is 11.8. The molecule has 0 amide bonds. The monoisotopic (exact) mass is 271 g/mol. The molecule has 1 aromatic heterocycles. The number of pyridine rings is 1. The van der Waals surface area contributed by atoms with Crippen molar-refractivity contribution in [2.24, 2.45) is 0 Å². The van der Waals surface area contributed by atoms with Crippen LogP contribution in [0.25, 0.3) is 0 Å². The predicted molar refractivity (Wildman–Crippen MR) is 76.6 cm³/mol. The Bertz CT molecular complexity index is 623. The van der Waals surface area contributed by atoms with Gasteiger partial charge < -0.3 is 9.47 Å². The molecule has 1 heterocycles. The van der Waals surface area contributed by atoms with Crippen LogP contribution in [-0.4, -0.2) is 25.0 Å². The highest BCUT2D eigenvalue weighted by atomic mass is 16.5. The van der Waals surface area contributed by atoms with Gasteiger partial charge in [0, 0.05) is 12.3 Å². The van der Waals surface area contributed by atoms with Crippen LogP contribution in [0.2, 0.25) is 0 Å². The molecule has 0 N–H and O–H groups in total. The van der Waals surface area contributed by atoms with Crippen molar-refractivity contribution in [3.05, 3.63) is 53.3 Å². The third-order valence-corrected chi connectivity index (χ3v) is 3.15. The molecule has 0 aliphatic heterocycles. The second kappa shape index (κ2) is 6.19. The maximum Gasteiger partial charge on any atom is 0.172 e. The molecule has 0 saturated carbocycles. The summed E-state index contributed by atoms with van der Waals surface area (Å²) in [6.07, 6.45) is 1.95. The summed E-state index contributed by atoms with van der Waals surface area (Å²) in [4.78, 5) is 16.6. The SMILES string of the molecule is COc1ccc(C(=O)Cc2ncccc2C)c(OC)c1. The molecule has 4 heteroatoms. The van der Waals surface area contributed by atoms with Crippen LogP contribution in [0, 0.1) is 6.92 Å². The Hall–Kier alpha value is -2.36. The number of benzene rings is 1. The lowest BCUT2D eigenvalue weighted by Crippen LogP contribution is -2.08. The lowest BCUT2D eigenvalue weighted by Gasteiger charge is -2.10. The molecule has 2 rings (SSSR count). The fourth-order valence-corrected chi connectivity index (χ4v) is 1.98. The van der Waals surface area contributed by atoms with Crippen LogP contribution < -0.4 is 9.47 Å². The quantitative estimate of drug-likeness (QED) is 0.785. The number of hydrogen-bond acceptors (Lipinski definition) is 4. The van der Waals surface area contributed by atoms with Gasteiger partial charge >= 0.3 is 0 Å². The number of aryl methyl sites for hydroxylation is 1. The number of carbonyl (C=O) groups is 1. The number of carbonyl (C=O) groups excluding carboxylic acids is 1. The summed E-state index contributed by atoms with van der Waals surface area (Å²) in [6.45, 7) is 1.95. The van der Waals surface area contributed by atoms with Crippen LogP contribution in [-0.2, 0) is 6.42 Å². The standard InChI is InChI=1S/C16H17NO3/c1-11-5-4-8-17-14(11)10-15(18)13-7-6-12(19-2)9-16(13)20-3/h4-9H,10H2,1-3H3. The zero-order chi connectivity index (χ0) is 14.5. The summed E-state index contributed by atoms with van der Waals surface area (Å²) in [5.74, 6) is 1.15. The van der Waals surface area contributed by atoms with E-state index in [0.717, 1.165) is 11.3 Å². The Kier molecular flexibility index (Phi) is 4.35. The number of Topliss-reactive ketones (excluding diaryl/α,β-unsaturated/α-hetero) is 1. The van der Waals surface area contributed by atoms with Gasteiger partial charge in [-0.3, -0.25) is 9.78 Å². The zero-order valence-corrected chi connectivity index (χ0v) is 11.8. The lowest BCUT2D eigenvalue weighted by atomic mass is 10.0. The third-order valence-electron chi connectivity index (χ3n) is 3.15. The number of ketones is 1. The second-order valence-electron chi connectivity index (χ2n) is 4.43. The summed E-state index contributed by atoms with van der Waals surface area (Å²) >= 11 is 0. The van der Waals surface area contributed by atoms with Crippen LogP contribution in [0.15, 0.2) is 36.5 Å². The molecule has 0 aliphatic carbocycles. The average Bonchev–Trinajstić information content (AvgIpc) is 2.48. The number of nitrogens with zero attached hydrogens (tertiary/aromatic N) is 1. The smallest absolute Gasteiger partial charge is 0.172 e. The number of ether oxygens (including phenoxy) is 2. The fraction of sp³-hybridized carbons (Fsp3) is 0.250. The van der Waals surface area contributed by atoms with Crippen LogP contribution in [0.3, 0.4) is 0 Å². The fourth-order valence-electron chi connectivity index (χ4n) is 1.98. The number of methoxy groups -OCH3 is 2. The Labute approximate surface area is 118 Å². The van der Waals surface area contributed by atoms with Gasteiger partial charge in [0.2, 0.25) is 0 Å². The maximum atomic E-state index is 12.4. The Morgan fingerprint density at radius 1 is 1.20 bits per heavy atom. The van der Waals surface area contributed by atoms with Gasteiger partial charge in [0.1, 0.15) is 11.5 Å². The van der Waals surface area contributed by atoms with Gasteiger partial charge in [-0.05, 0) is 30.7 Å². The molecule has 0 spiro atoms. The second-order valence-corrected chi connectivity index (χ2v) is 4.43. The van der Waals surface area contributed by atoms with Gasteiger partial charge in [0.05, 0.1) is 31.9 Å². The van der Waals surface area contributed by atoms with E-state index in [2.05, 4.69) is 4.98 Å². The minimum atomic E-state index is -0.0219. The Balaban J connectivity index is 2.27. The molecule has 0 saturated heterocycles. The molecule has 0 bridgehead atoms. The third kappa shape index (κ3) is 2.96. The van der Waals surface area contributed by atoms with Crippen LogP contribution in [0.5, 0.6) is 11.5 Å². The van der Waals surface area contributed by atoms with Crippen LogP contribution in [0.1, 0.15) is 21.6 Å². The first-order valence-electron chi connectivity index (χ1n) is 6.31. The lowest BCUT2D eigenvalue weighted by molar-refractivity contribution is 0.0988. The summed E-state index contributed by atoms with van der Waals surface area (Å²) in [5.41, 5.74) is 2.34. The van der Waals surface area contributed by atoms with Crippen molar-refractivity contribution in [3.63, 3.8) is 0 Å². The highest BCUT2D eigenvalue weighted by Crippen LogP contribution is 2.25. The molecule has 1 aromatic carbocycles. The van der Waals surface area contributed by atoms with Gasteiger partial charge in [-0.2, -0.15) is 0 Å². The molecule has 4 nitrogen and oxygen atoms in total. The van der Waals surface area contributed by atoms with E-state index in [0.29, 0.717) is 17.1 Å². The highest BCUT2D eigenvalue weighted by Gasteiger charge is 2.15. The van der Waals surface area contributed by atoms with Gasteiger partial charge in [0.25, 0.3) is 0 Å². The molecule has 0 aliphatic rings. The van der Waals surface area contributed by atoms with E-state index in [4.69, 9.17) is 9.47 Å². The molecular formula is C16H17NO3. The molecule has 104 valence electrons. The molecule has 20 heavy (non-hydrogen) atoms. The first-order chi connectivity index (χ1) is 9.65. The molecule has 0 unspecified atom stereocenters. The summed E-state index contributed by atoms with van der Waals surface area (Å²) < 4.78 is 10.4. The van der Waals surface area contributed by atoms with E-state index in [1.807, 2.05) is 19.1 Å². The van der Waals surface area contributed by atoms with Crippen molar-refractivity contribution in [1.82, 2.24) is 4.98 Å². The molecular weight excluding hydrogens is 254 g/mol. The molecule has 2 aromatic rings. The number of aromatic nitrogens is 1. The van der Waals surface area contributed by atoms with Crippen molar-refractivity contribution < 1.29 is 14.3 Å². The van der Waals surface area contributed by atoms with Crippen molar-refractivity contribution in [2.75, 3.05) is 14.2 Å². The Morgan fingerprint density at radius 2 is 2.00 bits per heavy atom. The van der Waals surface area contributed by atoms with E-state index in [-0.39, 0.29) is 12.2 Å². The van der Waals surface area contributed by atoms with Crippen molar-refractivity contribution in [2.45, 2.75) is 13.3 Å². The highest BCUT2D eigenvalue weighted by molar-refractivity contribution is 6.00. The number of rotatable bonds is 5. The average molecular weight is 271 g/mol. The topological polar surface area (TPSA) is 48.4 Å². The van der Waals surface area contributed by atoms with Crippen LogP contribution in [0.4, 0.5) is 0 Å². The van der Waals surface area contributed by atoms with Gasteiger partial charge in [-0.1, -0.05) is 6.07 Å². The van der Waals surface area contributed by atoms with Crippen molar-refractivity contribution in [1.29, 1.82) is 0 Å². The Morgan fingerprint density at radius 3 is 2.65 bits per heavy atom. The normalized spacial score (nSPS) is 10.2. The van der Waals surface area contributed by atoms with Gasteiger partial charge in [0.15, 0.2) is 5.78 Å². The van der Waals surface area contributed by atoms with E-state index < -0.39 is 0 Å². The number of hydrogen-bond donors (Lipinski definition) is 0. The molecule has 0 radical (unpaired) electrons. The van der Waals surface area contributed by atoms with E-state index in [9.17, 15) is 4.79 Å². The minimum absolute atomic E-state index is 0.0219. The largest absolute Gasteiger partial charge is 0.497 e. The molecule has 0 fully saturated rings. The first kappa shape index (κ1) is 14.1. The van der Waals surface area contributed by atoms with Crippen molar-refractivity contribution >= 4 is 5.78 Å². The van der Waals surface area contributed by atoms with Crippen molar-refractivity contribution in [3.8, 4) is 11.5 Å². The van der Waals surface area contributed by atoms with E-state index >= 15 is 0 Å². The maximum absolute atomic E-state index is 12.4. The minimum Gasteiger partial charge on any atom is -0.497 e. The van der Waals surface area contributed by atoms with Crippen LogP contribution >= 0.6 is 0 Å². The summed E-state index contributed by atoms with van der Waals surface area (Å²) in [5, 5.41) is 0. The summed E-state index contributed by atoms with van der Waals surface area (Å²) in [7, 11) is 3.12. The predicted octanol–water partition coefficient (Wildman–Crippen LogP) is 2.83. The van der Waals surface area contributed by atoms with Gasteiger partial charge in [-0.15, -0.1) is 0 Å². The molecule has 0 atom stereocenters. The summed E-state index contributed by atoms with van der Waals surface area (Å²) in [6, 6.07) is 8.98. The van der Waals surface area contributed by atoms with E-state index in [1.165, 1.54) is 7.11 Å². The first-order valence-corrected chi connectivity index (χ1v) is 6.31.